The van der Waals surface area contributed by atoms with Crippen LogP contribution in [-0.4, -0.2) is 63.9 Å². The Morgan fingerprint density at radius 2 is 1.82 bits per heavy atom. The summed E-state index contributed by atoms with van der Waals surface area (Å²) in [6, 6.07) is 6.15. The van der Waals surface area contributed by atoms with Crippen LogP contribution in [0.25, 0.3) is 21.9 Å². The molecule has 0 aliphatic heterocycles. The van der Waals surface area contributed by atoms with Gasteiger partial charge in [-0.1, -0.05) is 25.5 Å². The maximum absolute atomic E-state index is 13.0. The lowest BCUT2D eigenvalue weighted by atomic mass is 10.1. The number of rotatable bonds is 9. The molecule has 2 heterocycles. The zero-order valence-electron chi connectivity index (χ0n) is 17.9. The highest BCUT2D eigenvalue weighted by Gasteiger charge is 2.14. The zero-order valence-corrected chi connectivity index (χ0v) is 17.9. The quantitative estimate of drug-likeness (QED) is 0.570. The molecule has 1 aromatic carbocycles. The van der Waals surface area contributed by atoms with Crippen LogP contribution in [0.4, 0.5) is 0 Å². The van der Waals surface area contributed by atoms with E-state index in [0.29, 0.717) is 5.52 Å². The highest BCUT2D eigenvalue weighted by molar-refractivity contribution is 5.92. The van der Waals surface area contributed by atoms with Crippen molar-refractivity contribution in [2.75, 3.05) is 39.8 Å². The van der Waals surface area contributed by atoms with Gasteiger partial charge in [0.15, 0.2) is 0 Å². The Hall–Kier alpha value is -2.18. The summed E-state index contributed by atoms with van der Waals surface area (Å²) in [5.74, 6) is 0. The van der Waals surface area contributed by atoms with Gasteiger partial charge >= 0.3 is 0 Å². The lowest BCUT2D eigenvalue weighted by molar-refractivity contribution is 0.237. The number of nitrogens with zero attached hydrogens (tertiary/aromatic N) is 5. The second-order valence-electron chi connectivity index (χ2n) is 7.69. The molecule has 0 N–H and O–H groups in total. The number of likely N-dealkylation sites (N-methyl/N-ethyl adjacent to an activating group) is 2. The van der Waals surface area contributed by atoms with Crippen molar-refractivity contribution in [1.29, 1.82) is 0 Å². The van der Waals surface area contributed by atoms with Crippen molar-refractivity contribution in [3.63, 3.8) is 0 Å². The summed E-state index contributed by atoms with van der Waals surface area (Å²) in [7, 11) is 4.03. The second kappa shape index (κ2) is 8.88. The monoisotopic (exact) mass is 383 g/mol. The fraction of sp³-hybridized carbons (Fsp3) is 0.545. The molecule has 6 nitrogen and oxygen atoms in total. The minimum absolute atomic E-state index is 0.0706. The standard InChI is InChI=1S/C22H33N5O/c1-6-26(7-2)14-13-24(4)11-8-12-27-19-10-9-17(3)15-18(19)22(28)21-20(27)16-23-25(21)5/h9-10,15-16H,6-8,11-14H2,1-5H3. The van der Waals surface area contributed by atoms with Crippen LogP contribution in [0.2, 0.25) is 0 Å². The number of fused-ring (bicyclic) bond motifs is 2. The third-order valence-electron chi connectivity index (χ3n) is 5.73. The normalized spacial score (nSPS) is 12.1. The van der Waals surface area contributed by atoms with Crippen molar-refractivity contribution in [3.05, 3.63) is 40.2 Å². The van der Waals surface area contributed by atoms with Gasteiger partial charge in [0.2, 0.25) is 5.43 Å². The van der Waals surface area contributed by atoms with Gasteiger partial charge < -0.3 is 14.4 Å². The van der Waals surface area contributed by atoms with E-state index in [9.17, 15) is 4.79 Å². The van der Waals surface area contributed by atoms with E-state index in [2.05, 4.69) is 52.5 Å². The van der Waals surface area contributed by atoms with Gasteiger partial charge in [-0.15, -0.1) is 0 Å². The highest BCUT2D eigenvalue weighted by Crippen LogP contribution is 2.20. The molecule has 0 atom stereocenters. The summed E-state index contributed by atoms with van der Waals surface area (Å²) in [5, 5.41) is 5.14. The molecule has 3 rings (SSSR count). The summed E-state index contributed by atoms with van der Waals surface area (Å²) < 4.78 is 3.96. The van der Waals surface area contributed by atoms with Crippen molar-refractivity contribution in [2.24, 2.45) is 7.05 Å². The minimum Gasteiger partial charge on any atom is -0.338 e. The van der Waals surface area contributed by atoms with E-state index in [1.54, 1.807) is 4.68 Å². The molecule has 0 unspecified atom stereocenters. The first kappa shape index (κ1) is 20.6. The van der Waals surface area contributed by atoms with Crippen LogP contribution in [0.1, 0.15) is 25.8 Å². The lowest BCUT2D eigenvalue weighted by Crippen LogP contribution is -2.33. The molecule has 0 aliphatic rings. The van der Waals surface area contributed by atoms with Crippen molar-refractivity contribution in [2.45, 2.75) is 33.7 Å². The largest absolute Gasteiger partial charge is 0.338 e. The molecular formula is C22H33N5O. The third kappa shape index (κ3) is 4.13. The van der Waals surface area contributed by atoms with Crippen molar-refractivity contribution in [3.8, 4) is 0 Å². The van der Waals surface area contributed by atoms with Crippen LogP contribution in [0.3, 0.4) is 0 Å². The first-order valence-electron chi connectivity index (χ1n) is 10.3. The molecule has 0 saturated carbocycles. The molecule has 0 fully saturated rings. The van der Waals surface area contributed by atoms with Gasteiger partial charge in [0.1, 0.15) is 5.52 Å². The number of hydrogen-bond acceptors (Lipinski definition) is 4. The Morgan fingerprint density at radius 3 is 2.54 bits per heavy atom. The number of aromatic nitrogens is 3. The van der Waals surface area contributed by atoms with Gasteiger partial charge in [-0.2, -0.15) is 5.10 Å². The second-order valence-corrected chi connectivity index (χ2v) is 7.69. The summed E-state index contributed by atoms with van der Waals surface area (Å²) in [6.45, 7) is 12.8. The Labute approximate surface area is 167 Å². The van der Waals surface area contributed by atoms with E-state index in [4.69, 9.17) is 0 Å². The van der Waals surface area contributed by atoms with Crippen LogP contribution < -0.4 is 5.43 Å². The maximum atomic E-state index is 13.0. The molecule has 0 spiro atoms. The van der Waals surface area contributed by atoms with Gasteiger partial charge in [0.25, 0.3) is 0 Å². The molecular weight excluding hydrogens is 350 g/mol. The molecule has 0 radical (unpaired) electrons. The maximum Gasteiger partial charge on any atom is 0.215 e. The van der Waals surface area contributed by atoms with Crippen molar-refractivity contribution in [1.82, 2.24) is 24.1 Å². The van der Waals surface area contributed by atoms with Crippen LogP contribution in [0.5, 0.6) is 0 Å². The predicted octanol–water partition coefficient (Wildman–Crippen LogP) is 2.86. The fourth-order valence-electron chi connectivity index (χ4n) is 3.91. The number of hydrogen-bond donors (Lipinski definition) is 0. The minimum atomic E-state index is 0.0706. The van der Waals surface area contributed by atoms with E-state index in [0.717, 1.165) is 67.7 Å². The van der Waals surface area contributed by atoms with Gasteiger partial charge in [-0.25, -0.2) is 0 Å². The Kier molecular flexibility index (Phi) is 6.52. The molecule has 3 aromatic rings. The van der Waals surface area contributed by atoms with Crippen LogP contribution >= 0.6 is 0 Å². The third-order valence-corrected chi connectivity index (χ3v) is 5.73. The number of benzene rings is 1. The van der Waals surface area contributed by atoms with E-state index in [1.807, 2.05) is 26.2 Å². The van der Waals surface area contributed by atoms with Crippen molar-refractivity contribution >= 4 is 21.9 Å². The molecule has 28 heavy (non-hydrogen) atoms. The summed E-state index contributed by atoms with van der Waals surface area (Å²) in [6.07, 6.45) is 2.85. The Morgan fingerprint density at radius 1 is 1.07 bits per heavy atom. The smallest absolute Gasteiger partial charge is 0.215 e. The van der Waals surface area contributed by atoms with Gasteiger partial charge in [-0.3, -0.25) is 9.48 Å². The van der Waals surface area contributed by atoms with Crippen LogP contribution in [-0.2, 0) is 13.6 Å². The molecule has 2 aromatic heterocycles. The highest BCUT2D eigenvalue weighted by atomic mass is 16.1. The van der Waals surface area contributed by atoms with Crippen LogP contribution in [0.15, 0.2) is 29.2 Å². The van der Waals surface area contributed by atoms with E-state index in [1.165, 1.54) is 0 Å². The molecule has 0 amide bonds. The van der Waals surface area contributed by atoms with Gasteiger partial charge in [-0.05, 0) is 52.2 Å². The van der Waals surface area contributed by atoms with Gasteiger partial charge in [0, 0.05) is 32.1 Å². The van der Waals surface area contributed by atoms with E-state index >= 15 is 0 Å². The van der Waals surface area contributed by atoms with Crippen molar-refractivity contribution < 1.29 is 0 Å². The summed E-state index contributed by atoms with van der Waals surface area (Å²) in [4.78, 5) is 17.8. The Bertz CT molecular complexity index is 999. The summed E-state index contributed by atoms with van der Waals surface area (Å²) >= 11 is 0. The summed E-state index contributed by atoms with van der Waals surface area (Å²) in [5.41, 5.74) is 3.79. The van der Waals surface area contributed by atoms with Crippen LogP contribution in [0, 0.1) is 6.92 Å². The molecule has 0 aliphatic carbocycles. The zero-order chi connectivity index (χ0) is 20.3. The average molecular weight is 384 g/mol. The lowest BCUT2D eigenvalue weighted by Gasteiger charge is -2.23. The topological polar surface area (TPSA) is 46.3 Å². The molecule has 6 heteroatoms. The van der Waals surface area contributed by atoms with Gasteiger partial charge in [0.05, 0.1) is 17.2 Å². The number of aryl methyl sites for hydroxylation is 3. The number of pyridine rings is 1. The SMILES string of the molecule is CCN(CC)CCN(C)CCCn1c2ccc(C)cc2c(=O)c2c1cnn2C. The average Bonchev–Trinajstić information content (AvgIpc) is 3.07. The fourth-order valence-corrected chi connectivity index (χ4v) is 3.91. The molecule has 0 saturated heterocycles. The van der Waals surface area contributed by atoms with E-state index in [-0.39, 0.29) is 5.43 Å². The predicted molar refractivity (Wildman–Crippen MR) is 117 cm³/mol. The van der Waals surface area contributed by atoms with E-state index < -0.39 is 0 Å². The molecule has 152 valence electrons. The first-order chi connectivity index (χ1) is 13.5. The first-order valence-corrected chi connectivity index (χ1v) is 10.3. The Balaban J connectivity index is 1.80. The molecule has 0 bridgehead atoms.